The van der Waals surface area contributed by atoms with Gasteiger partial charge in [-0.3, -0.25) is 9.36 Å². The highest BCUT2D eigenvalue weighted by Gasteiger charge is 2.25. The fourth-order valence-electron chi connectivity index (χ4n) is 4.03. The summed E-state index contributed by atoms with van der Waals surface area (Å²) in [4.78, 5) is 22.9. The molecule has 0 radical (unpaired) electrons. The van der Waals surface area contributed by atoms with Crippen molar-refractivity contribution in [2.24, 2.45) is 0 Å². The first-order valence-corrected chi connectivity index (χ1v) is 10.6. The average molecular weight is 398 g/mol. The van der Waals surface area contributed by atoms with Gasteiger partial charge in [-0.25, -0.2) is 4.98 Å². The van der Waals surface area contributed by atoms with Crippen LogP contribution in [0.15, 0.2) is 29.1 Å². The molecule has 1 saturated heterocycles. The van der Waals surface area contributed by atoms with Gasteiger partial charge < -0.3 is 9.64 Å². The molecule has 2 aromatic heterocycles. The number of hydrogen-bond acceptors (Lipinski definition) is 5. The zero-order chi connectivity index (χ0) is 19.8. The number of nitrogens with zero attached hydrogens (tertiary/aromatic N) is 3. The Balaban J connectivity index is 1.82. The van der Waals surface area contributed by atoms with E-state index in [9.17, 15) is 4.79 Å². The van der Waals surface area contributed by atoms with Crippen LogP contribution in [0.3, 0.4) is 0 Å². The van der Waals surface area contributed by atoms with Crippen molar-refractivity contribution in [2.75, 3.05) is 27.2 Å². The van der Waals surface area contributed by atoms with Crippen LogP contribution in [-0.2, 0) is 6.42 Å². The van der Waals surface area contributed by atoms with Gasteiger partial charge in [0.05, 0.1) is 12.5 Å². The van der Waals surface area contributed by atoms with Gasteiger partial charge in [-0.1, -0.05) is 12.1 Å². The summed E-state index contributed by atoms with van der Waals surface area (Å²) in [7, 11) is 3.81. The summed E-state index contributed by atoms with van der Waals surface area (Å²) in [5.41, 5.74) is 2.35. The Kier molecular flexibility index (Phi) is 5.25. The Hall–Kier alpha value is -2.18. The molecule has 28 heavy (non-hydrogen) atoms. The highest BCUT2D eigenvalue weighted by Crippen LogP contribution is 2.29. The van der Waals surface area contributed by atoms with Gasteiger partial charge in [-0.2, -0.15) is 0 Å². The van der Waals surface area contributed by atoms with E-state index in [1.165, 1.54) is 4.88 Å². The molecule has 1 fully saturated rings. The number of ether oxygens (including phenoxy) is 1. The van der Waals surface area contributed by atoms with Crippen LogP contribution in [0.4, 0.5) is 0 Å². The number of hydrogen-bond donors (Lipinski definition) is 0. The van der Waals surface area contributed by atoms with Crippen molar-refractivity contribution < 1.29 is 4.74 Å². The van der Waals surface area contributed by atoms with Crippen molar-refractivity contribution >= 4 is 21.6 Å². The molecule has 0 amide bonds. The van der Waals surface area contributed by atoms with Crippen molar-refractivity contribution in [3.63, 3.8) is 0 Å². The number of benzene rings is 1. The average Bonchev–Trinajstić information content (AvgIpc) is 2.98. The fraction of sp³-hybridized carbons (Fsp3) is 0.455. The van der Waals surface area contributed by atoms with E-state index in [2.05, 4.69) is 31.0 Å². The van der Waals surface area contributed by atoms with E-state index in [1.54, 1.807) is 18.4 Å². The fourth-order valence-corrected chi connectivity index (χ4v) is 5.07. The molecule has 1 aromatic carbocycles. The van der Waals surface area contributed by atoms with Gasteiger partial charge in [0.2, 0.25) is 0 Å². The van der Waals surface area contributed by atoms with Gasteiger partial charge in [0.15, 0.2) is 0 Å². The molecule has 148 valence electrons. The number of piperidine rings is 1. The third-order valence-electron chi connectivity index (χ3n) is 5.88. The maximum absolute atomic E-state index is 13.6. The molecule has 1 aliphatic rings. The number of likely N-dealkylation sites (tertiary alicyclic amines) is 1. The minimum atomic E-state index is 0.130. The molecule has 0 spiro atoms. The molecular weight excluding hydrogens is 370 g/mol. The molecule has 0 N–H and O–H groups in total. The van der Waals surface area contributed by atoms with Gasteiger partial charge in [0.1, 0.15) is 16.4 Å². The zero-order valence-electron chi connectivity index (χ0n) is 17.0. The van der Waals surface area contributed by atoms with Gasteiger partial charge in [-0.05, 0) is 70.1 Å². The lowest BCUT2D eigenvalue weighted by Gasteiger charge is -2.31. The van der Waals surface area contributed by atoms with Crippen LogP contribution in [0.1, 0.15) is 40.7 Å². The summed E-state index contributed by atoms with van der Waals surface area (Å²) in [6.45, 7) is 6.14. The monoisotopic (exact) mass is 397 g/mol. The molecule has 4 rings (SSSR count). The SMILES string of the molecule is COc1ccc(Cc2nc3sc(C)c(C)c3c(=O)n2C2CCN(C)CC2)cc1. The van der Waals surface area contributed by atoms with Crippen LogP contribution in [0.2, 0.25) is 0 Å². The van der Waals surface area contributed by atoms with Crippen LogP contribution in [0.5, 0.6) is 5.75 Å². The van der Waals surface area contributed by atoms with Crippen LogP contribution < -0.4 is 10.3 Å². The van der Waals surface area contributed by atoms with Crippen molar-refractivity contribution in [3.8, 4) is 5.75 Å². The first-order valence-electron chi connectivity index (χ1n) is 9.80. The molecule has 0 unspecified atom stereocenters. The molecule has 0 aliphatic carbocycles. The van der Waals surface area contributed by atoms with Gasteiger partial charge in [-0.15, -0.1) is 11.3 Å². The van der Waals surface area contributed by atoms with Crippen molar-refractivity contribution in [1.29, 1.82) is 0 Å². The summed E-state index contributed by atoms with van der Waals surface area (Å²) in [6.07, 6.45) is 2.63. The largest absolute Gasteiger partial charge is 0.497 e. The third kappa shape index (κ3) is 3.47. The highest BCUT2D eigenvalue weighted by atomic mass is 32.1. The lowest BCUT2D eigenvalue weighted by Crippen LogP contribution is -2.37. The second-order valence-corrected chi connectivity index (χ2v) is 8.93. The Morgan fingerprint density at radius 3 is 2.50 bits per heavy atom. The van der Waals surface area contributed by atoms with Gasteiger partial charge in [0.25, 0.3) is 5.56 Å². The molecule has 3 aromatic rings. The lowest BCUT2D eigenvalue weighted by atomic mass is 10.0. The molecule has 0 atom stereocenters. The molecule has 0 bridgehead atoms. The summed E-state index contributed by atoms with van der Waals surface area (Å²) < 4.78 is 7.27. The molecular formula is C22H27N3O2S. The third-order valence-corrected chi connectivity index (χ3v) is 6.98. The second-order valence-electron chi connectivity index (χ2n) is 7.73. The van der Waals surface area contributed by atoms with Crippen LogP contribution >= 0.6 is 11.3 Å². The van der Waals surface area contributed by atoms with E-state index in [0.717, 1.165) is 58.8 Å². The molecule has 6 heteroatoms. The van der Waals surface area contributed by atoms with E-state index in [4.69, 9.17) is 9.72 Å². The minimum Gasteiger partial charge on any atom is -0.497 e. The standard InChI is InChI=1S/C22H27N3O2S/c1-14-15(2)28-21-20(14)22(26)25(17-9-11-24(3)12-10-17)19(23-21)13-16-5-7-18(27-4)8-6-16/h5-8,17H,9-13H2,1-4H3. The Morgan fingerprint density at radius 1 is 1.18 bits per heavy atom. The second kappa shape index (κ2) is 7.68. The van der Waals surface area contributed by atoms with Crippen molar-refractivity contribution in [3.05, 3.63) is 56.4 Å². The van der Waals surface area contributed by atoms with E-state index in [0.29, 0.717) is 6.42 Å². The molecule has 5 nitrogen and oxygen atoms in total. The summed E-state index contributed by atoms with van der Waals surface area (Å²) >= 11 is 1.63. The number of aromatic nitrogens is 2. The topological polar surface area (TPSA) is 47.4 Å². The quantitative estimate of drug-likeness (QED) is 0.669. The number of methoxy groups -OCH3 is 1. The Labute approximate surface area is 169 Å². The first kappa shape index (κ1) is 19.2. The molecule has 3 heterocycles. The van der Waals surface area contributed by atoms with Crippen molar-refractivity contribution in [2.45, 2.75) is 39.2 Å². The first-order chi connectivity index (χ1) is 13.5. The van der Waals surface area contributed by atoms with Crippen LogP contribution in [-0.4, -0.2) is 41.7 Å². The van der Waals surface area contributed by atoms with Gasteiger partial charge in [0, 0.05) is 17.3 Å². The van der Waals surface area contributed by atoms with E-state index in [1.807, 2.05) is 23.6 Å². The normalized spacial score (nSPS) is 16.0. The Morgan fingerprint density at radius 2 is 1.86 bits per heavy atom. The highest BCUT2D eigenvalue weighted by molar-refractivity contribution is 7.18. The summed E-state index contributed by atoms with van der Waals surface area (Å²) in [6, 6.07) is 8.25. The van der Waals surface area contributed by atoms with Crippen LogP contribution in [0, 0.1) is 13.8 Å². The maximum Gasteiger partial charge on any atom is 0.262 e. The number of thiophene rings is 1. The summed E-state index contributed by atoms with van der Waals surface area (Å²) in [5.74, 6) is 1.71. The number of rotatable bonds is 4. The molecule has 1 aliphatic heterocycles. The maximum atomic E-state index is 13.6. The lowest BCUT2D eigenvalue weighted by molar-refractivity contribution is 0.216. The number of fused-ring (bicyclic) bond motifs is 1. The molecule has 0 saturated carbocycles. The van der Waals surface area contributed by atoms with E-state index < -0.39 is 0 Å². The van der Waals surface area contributed by atoms with Gasteiger partial charge >= 0.3 is 0 Å². The predicted molar refractivity (Wildman–Crippen MR) is 115 cm³/mol. The summed E-state index contributed by atoms with van der Waals surface area (Å²) in [5, 5.41) is 0.805. The smallest absolute Gasteiger partial charge is 0.262 e. The number of aryl methyl sites for hydroxylation is 2. The van der Waals surface area contributed by atoms with E-state index in [-0.39, 0.29) is 11.6 Å². The zero-order valence-corrected chi connectivity index (χ0v) is 17.8. The van der Waals surface area contributed by atoms with E-state index >= 15 is 0 Å². The van der Waals surface area contributed by atoms with Crippen molar-refractivity contribution in [1.82, 2.24) is 14.5 Å². The predicted octanol–water partition coefficient (Wildman–Crippen LogP) is 3.94. The minimum absolute atomic E-state index is 0.130. The Bertz CT molecular complexity index is 1040. The van der Waals surface area contributed by atoms with Crippen LogP contribution in [0.25, 0.3) is 10.2 Å².